The minimum atomic E-state index is -0.532. The normalized spacial score (nSPS) is 12.8. The molecule has 11 aromatic carbocycles. The molecule has 0 amide bonds. The summed E-state index contributed by atoms with van der Waals surface area (Å²) in [5.74, 6) is 0. The van der Waals surface area contributed by atoms with Crippen molar-refractivity contribution in [2.24, 2.45) is 0 Å². The Balaban J connectivity index is 0.957. The van der Waals surface area contributed by atoms with Crippen LogP contribution in [0.3, 0.4) is 0 Å². The second-order valence-electron chi connectivity index (χ2n) is 18.0. The highest BCUT2D eigenvalue weighted by Gasteiger charge is 2.46. The van der Waals surface area contributed by atoms with E-state index in [0.717, 1.165) is 55.8 Å². The Labute approximate surface area is 394 Å². The van der Waals surface area contributed by atoms with Gasteiger partial charge in [0.15, 0.2) is 0 Å². The van der Waals surface area contributed by atoms with Gasteiger partial charge in [-0.25, -0.2) is 0 Å². The Hall–Kier alpha value is -8.92. The van der Waals surface area contributed by atoms with Gasteiger partial charge in [0.1, 0.15) is 11.2 Å². The highest BCUT2D eigenvalue weighted by molar-refractivity contribution is 6.19. The molecule has 2 heterocycles. The van der Waals surface area contributed by atoms with Crippen LogP contribution in [0.1, 0.15) is 22.3 Å². The topological polar surface area (TPSA) is 21.3 Å². The highest BCUT2D eigenvalue weighted by Crippen LogP contribution is 2.57. The van der Waals surface area contributed by atoms with Crippen LogP contribution in [0.2, 0.25) is 0 Å². The van der Waals surface area contributed by atoms with Crippen molar-refractivity contribution in [2.75, 3.05) is 4.90 Å². The van der Waals surface area contributed by atoms with Crippen LogP contribution < -0.4 is 4.90 Å². The molecule has 68 heavy (non-hydrogen) atoms. The summed E-state index contributed by atoms with van der Waals surface area (Å²) in [4.78, 5) is 2.39. The number of para-hydroxylation sites is 2. The zero-order chi connectivity index (χ0) is 44.8. The fourth-order valence-electron chi connectivity index (χ4n) is 11.5. The van der Waals surface area contributed by atoms with Crippen molar-refractivity contribution < 1.29 is 4.42 Å². The molecule has 1 aliphatic rings. The number of anilines is 3. The van der Waals surface area contributed by atoms with Crippen LogP contribution in [0.15, 0.2) is 259 Å². The van der Waals surface area contributed by atoms with Gasteiger partial charge in [0.05, 0.1) is 16.4 Å². The minimum Gasteiger partial charge on any atom is -0.456 e. The third-order valence-corrected chi connectivity index (χ3v) is 14.4. The van der Waals surface area contributed by atoms with Gasteiger partial charge in [-0.3, -0.25) is 0 Å². The third-order valence-electron chi connectivity index (χ3n) is 14.4. The van der Waals surface area contributed by atoms with Gasteiger partial charge in [-0.05, 0) is 111 Å². The van der Waals surface area contributed by atoms with Gasteiger partial charge in [-0.2, -0.15) is 0 Å². The third kappa shape index (κ3) is 5.66. The van der Waals surface area contributed by atoms with Gasteiger partial charge in [0.25, 0.3) is 0 Å². The minimum absolute atomic E-state index is 0.532. The molecule has 0 unspecified atom stereocenters. The number of hydrogen-bond donors (Lipinski definition) is 0. The smallest absolute Gasteiger partial charge is 0.137 e. The molecular weight excluding hydrogens is 825 g/mol. The first-order valence-electron chi connectivity index (χ1n) is 23.4. The molecule has 0 radical (unpaired) electrons. The van der Waals surface area contributed by atoms with Gasteiger partial charge in [-0.15, -0.1) is 0 Å². The Morgan fingerprint density at radius 1 is 0.353 bits per heavy atom. The summed E-state index contributed by atoms with van der Waals surface area (Å²) < 4.78 is 8.99. The van der Waals surface area contributed by atoms with Crippen LogP contribution >= 0.6 is 0 Å². The molecule has 14 rings (SSSR count). The Morgan fingerprint density at radius 2 is 0.926 bits per heavy atom. The molecule has 0 atom stereocenters. The molecular formula is C65H42N2O. The van der Waals surface area contributed by atoms with Crippen LogP contribution in [0.4, 0.5) is 17.1 Å². The van der Waals surface area contributed by atoms with Crippen molar-refractivity contribution >= 4 is 71.6 Å². The van der Waals surface area contributed by atoms with Gasteiger partial charge < -0.3 is 13.9 Å². The molecule has 0 saturated carbocycles. The summed E-state index contributed by atoms with van der Waals surface area (Å²) >= 11 is 0. The van der Waals surface area contributed by atoms with E-state index in [1.54, 1.807) is 0 Å². The van der Waals surface area contributed by atoms with E-state index in [1.165, 1.54) is 66.0 Å². The van der Waals surface area contributed by atoms with Crippen molar-refractivity contribution in [1.29, 1.82) is 0 Å². The summed E-state index contributed by atoms with van der Waals surface area (Å²) in [6.45, 7) is 0. The first-order valence-corrected chi connectivity index (χ1v) is 23.4. The van der Waals surface area contributed by atoms with Gasteiger partial charge in [0.2, 0.25) is 0 Å². The predicted molar refractivity (Wildman–Crippen MR) is 283 cm³/mol. The molecule has 318 valence electrons. The van der Waals surface area contributed by atoms with Crippen LogP contribution in [0, 0.1) is 0 Å². The zero-order valence-electron chi connectivity index (χ0n) is 37.1. The Bertz CT molecular complexity index is 4030. The largest absolute Gasteiger partial charge is 0.456 e. The van der Waals surface area contributed by atoms with Crippen molar-refractivity contribution in [1.82, 2.24) is 4.57 Å². The lowest BCUT2D eigenvalue weighted by Crippen LogP contribution is -2.28. The molecule has 1 aliphatic carbocycles. The number of furan rings is 1. The first-order chi connectivity index (χ1) is 33.7. The molecule has 0 spiro atoms. The Kier molecular flexibility index (Phi) is 8.50. The standard InChI is InChI=1S/C65H42N2O/c1-4-17-46(18-5-1)65(47-19-6-2-7-20-47)59-26-14-12-24-53(59)54-38-34-50(41-60(54)65)66(51-35-39-57-56-25-13-15-27-62(56)68-63(57)42-51)49-32-28-43(29-33-49)45-31-36-55-58-37-30-44-16-10-11-23-52(44)64(58)67(61(55)40-45)48-21-8-3-9-22-48/h1-42H. The molecule has 3 heteroatoms. The molecule has 2 aromatic heterocycles. The zero-order valence-corrected chi connectivity index (χ0v) is 37.1. The van der Waals surface area contributed by atoms with E-state index in [-0.39, 0.29) is 0 Å². The second kappa shape index (κ2) is 15.1. The van der Waals surface area contributed by atoms with Crippen molar-refractivity contribution in [3.05, 3.63) is 277 Å². The maximum absolute atomic E-state index is 6.55. The van der Waals surface area contributed by atoms with Gasteiger partial charge in [-0.1, -0.05) is 188 Å². The fraction of sp³-hybridized carbons (Fsp3) is 0.0154. The van der Waals surface area contributed by atoms with E-state index in [4.69, 9.17) is 4.42 Å². The van der Waals surface area contributed by atoms with Crippen LogP contribution in [-0.2, 0) is 5.41 Å². The molecule has 13 aromatic rings. The number of hydrogen-bond acceptors (Lipinski definition) is 2. The molecule has 3 nitrogen and oxygen atoms in total. The summed E-state index contributed by atoms with van der Waals surface area (Å²) in [6, 6.07) is 93.1. The van der Waals surface area contributed by atoms with E-state index in [0.29, 0.717) is 0 Å². The van der Waals surface area contributed by atoms with Crippen molar-refractivity contribution in [3.8, 4) is 27.9 Å². The Morgan fingerprint density at radius 3 is 1.72 bits per heavy atom. The summed E-state index contributed by atoms with van der Waals surface area (Å²) in [7, 11) is 0. The number of benzene rings is 11. The first kappa shape index (κ1) is 38.4. The summed E-state index contributed by atoms with van der Waals surface area (Å²) in [5.41, 5.74) is 17.8. The highest BCUT2D eigenvalue weighted by atomic mass is 16.3. The number of aromatic nitrogens is 1. The maximum Gasteiger partial charge on any atom is 0.137 e. The summed E-state index contributed by atoms with van der Waals surface area (Å²) in [6.07, 6.45) is 0. The fourth-order valence-corrected chi connectivity index (χ4v) is 11.5. The predicted octanol–water partition coefficient (Wildman–Crippen LogP) is 17.3. The average molecular weight is 867 g/mol. The van der Waals surface area contributed by atoms with E-state index < -0.39 is 5.41 Å². The van der Waals surface area contributed by atoms with Crippen LogP contribution in [-0.4, -0.2) is 4.57 Å². The average Bonchev–Trinajstić information content (AvgIpc) is 4.05. The van der Waals surface area contributed by atoms with Gasteiger partial charge >= 0.3 is 0 Å². The molecule has 0 fully saturated rings. The van der Waals surface area contributed by atoms with Crippen LogP contribution in [0.25, 0.3) is 82.5 Å². The molecule has 0 N–H and O–H groups in total. The van der Waals surface area contributed by atoms with Crippen LogP contribution in [0.5, 0.6) is 0 Å². The lowest BCUT2D eigenvalue weighted by molar-refractivity contribution is 0.669. The maximum atomic E-state index is 6.55. The van der Waals surface area contributed by atoms with E-state index in [1.807, 2.05) is 6.07 Å². The van der Waals surface area contributed by atoms with Crippen molar-refractivity contribution in [2.45, 2.75) is 5.41 Å². The molecule has 0 saturated heterocycles. The summed E-state index contributed by atoms with van der Waals surface area (Å²) in [5, 5.41) is 7.20. The lowest BCUT2D eigenvalue weighted by atomic mass is 9.67. The monoisotopic (exact) mass is 866 g/mol. The van der Waals surface area contributed by atoms with Crippen molar-refractivity contribution in [3.63, 3.8) is 0 Å². The van der Waals surface area contributed by atoms with E-state index in [2.05, 4.69) is 258 Å². The number of fused-ring (bicyclic) bond motifs is 11. The van der Waals surface area contributed by atoms with E-state index >= 15 is 0 Å². The van der Waals surface area contributed by atoms with Gasteiger partial charge in [0, 0.05) is 55.7 Å². The number of rotatable bonds is 7. The number of nitrogens with zero attached hydrogens (tertiary/aromatic N) is 2. The van der Waals surface area contributed by atoms with E-state index in [9.17, 15) is 0 Å². The SMILES string of the molecule is c1ccc(-n2c3cc(-c4ccc(N(c5ccc6c(c5)C(c5ccccc5)(c5ccccc5)c5ccccc5-6)c5ccc6c(c5)oc5ccccc56)cc4)ccc3c3ccc4ccccc4c32)cc1. The lowest BCUT2D eigenvalue weighted by Gasteiger charge is -2.35. The molecule has 0 bridgehead atoms. The second-order valence-corrected chi connectivity index (χ2v) is 18.0. The molecule has 0 aliphatic heterocycles. The quantitative estimate of drug-likeness (QED) is 0.159.